The summed E-state index contributed by atoms with van der Waals surface area (Å²) >= 11 is 0. The molecule has 138 valence electrons. The van der Waals surface area contributed by atoms with Gasteiger partial charge in [-0.05, 0) is 57.5 Å². The summed E-state index contributed by atoms with van der Waals surface area (Å²) in [6.45, 7) is 6.80. The summed E-state index contributed by atoms with van der Waals surface area (Å²) in [5.41, 5.74) is 5.65. The van der Waals surface area contributed by atoms with E-state index in [1.807, 2.05) is 0 Å². The van der Waals surface area contributed by atoms with Crippen LogP contribution in [-0.4, -0.2) is 42.5 Å². The van der Waals surface area contributed by atoms with Crippen molar-refractivity contribution in [3.05, 3.63) is 0 Å². The highest BCUT2D eigenvalue weighted by Gasteiger charge is 2.34. The number of hydrogen-bond donors (Lipinski definition) is 2. The van der Waals surface area contributed by atoms with Crippen LogP contribution in [0.25, 0.3) is 0 Å². The lowest BCUT2D eigenvalue weighted by Gasteiger charge is -2.32. The van der Waals surface area contributed by atoms with Crippen LogP contribution < -0.4 is 11.1 Å². The zero-order valence-corrected chi connectivity index (χ0v) is 16.2. The first-order valence-corrected chi connectivity index (χ1v) is 8.90. The molecule has 6 heteroatoms. The number of hydrogen-bond acceptors (Lipinski definition) is 3. The fraction of sp³-hybridized carbons (Fsp3) is 0.941. The van der Waals surface area contributed by atoms with E-state index in [1.54, 1.807) is 0 Å². The molecular weight excluding hydrogens is 333 g/mol. The van der Waals surface area contributed by atoms with Crippen LogP contribution in [0.2, 0.25) is 0 Å². The van der Waals surface area contributed by atoms with Crippen LogP contribution in [0.5, 0.6) is 0 Å². The van der Waals surface area contributed by atoms with Gasteiger partial charge in [0.2, 0.25) is 5.91 Å². The molecule has 0 radical (unpaired) electrons. The predicted molar refractivity (Wildman–Crippen MR) is 102 cm³/mol. The van der Waals surface area contributed by atoms with Crippen LogP contribution >= 0.6 is 24.8 Å². The molecule has 0 aromatic rings. The maximum Gasteiger partial charge on any atom is 0.240 e. The predicted octanol–water partition coefficient (Wildman–Crippen LogP) is 3.12. The van der Waals surface area contributed by atoms with Crippen LogP contribution in [0.15, 0.2) is 0 Å². The average molecular weight is 368 g/mol. The summed E-state index contributed by atoms with van der Waals surface area (Å²) in [4.78, 5) is 14.8. The van der Waals surface area contributed by atoms with E-state index in [9.17, 15) is 4.79 Å². The van der Waals surface area contributed by atoms with Crippen molar-refractivity contribution in [1.29, 1.82) is 0 Å². The fourth-order valence-electron chi connectivity index (χ4n) is 3.74. The van der Waals surface area contributed by atoms with E-state index in [1.165, 1.54) is 45.3 Å². The van der Waals surface area contributed by atoms with Gasteiger partial charge in [0.15, 0.2) is 0 Å². The summed E-state index contributed by atoms with van der Waals surface area (Å²) in [5.74, 6) is 0.927. The number of rotatable bonds is 6. The molecule has 1 aliphatic carbocycles. The topological polar surface area (TPSA) is 58.4 Å². The van der Waals surface area contributed by atoms with Crippen molar-refractivity contribution < 1.29 is 4.79 Å². The van der Waals surface area contributed by atoms with Gasteiger partial charge in [-0.3, -0.25) is 4.79 Å². The molecular formula is C17H35Cl2N3O. The maximum absolute atomic E-state index is 12.2. The Labute approximate surface area is 154 Å². The zero-order chi connectivity index (χ0) is 15.1. The Morgan fingerprint density at radius 2 is 1.87 bits per heavy atom. The van der Waals surface area contributed by atoms with Gasteiger partial charge in [0.25, 0.3) is 0 Å². The van der Waals surface area contributed by atoms with Crippen LogP contribution in [0.1, 0.15) is 64.7 Å². The third-order valence-corrected chi connectivity index (χ3v) is 5.13. The molecule has 0 aromatic carbocycles. The highest BCUT2D eigenvalue weighted by molar-refractivity contribution is 5.86. The number of piperidine rings is 1. The number of carbonyl (C=O) groups is 1. The number of nitrogens with one attached hydrogen (secondary N) is 1. The Kier molecular flexibility index (Phi) is 11.5. The maximum atomic E-state index is 12.2. The number of amides is 1. The standard InChI is InChI=1S/C17H33N3O.2ClH/c1-15-8-7-13-20(14-15)12-6-5-11-19-16(21)17(18)9-3-2-4-10-17;;/h15H,2-14,18H2,1H3,(H,19,21);2*1H. The molecule has 4 nitrogen and oxygen atoms in total. The molecule has 0 aromatic heterocycles. The first-order valence-electron chi connectivity index (χ1n) is 8.90. The Hall–Kier alpha value is -0.0300. The van der Waals surface area contributed by atoms with Gasteiger partial charge in [-0.2, -0.15) is 0 Å². The molecule has 1 atom stereocenters. The Morgan fingerprint density at radius 3 is 2.52 bits per heavy atom. The summed E-state index contributed by atoms with van der Waals surface area (Å²) < 4.78 is 0. The molecule has 3 N–H and O–H groups in total. The van der Waals surface area contributed by atoms with Gasteiger partial charge in [0.1, 0.15) is 0 Å². The molecule has 2 fully saturated rings. The number of nitrogens with zero attached hydrogens (tertiary/aromatic N) is 1. The van der Waals surface area contributed by atoms with Crippen molar-refractivity contribution in [2.75, 3.05) is 26.2 Å². The normalized spacial score (nSPS) is 24.2. The lowest BCUT2D eigenvalue weighted by Crippen LogP contribution is -2.55. The molecule has 0 bridgehead atoms. The SMILES string of the molecule is CC1CCCN(CCCCNC(=O)C2(N)CCCCC2)C1.Cl.Cl. The lowest BCUT2D eigenvalue weighted by atomic mass is 9.82. The lowest BCUT2D eigenvalue weighted by molar-refractivity contribution is -0.127. The summed E-state index contributed by atoms with van der Waals surface area (Å²) in [7, 11) is 0. The van der Waals surface area contributed by atoms with Gasteiger partial charge in [0.05, 0.1) is 5.54 Å². The molecule has 23 heavy (non-hydrogen) atoms. The van der Waals surface area contributed by atoms with Crippen molar-refractivity contribution in [2.24, 2.45) is 11.7 Å². The third kappa shape index (κ3) is 7.59. The van der Waals surface area contributed by atoms with Gasteiger partial charge in [-0.1, -0.05) is 26.2 Å². The number of likely N-dealkylation sites (tertiary alicyclic amines) is 1. The van der Waals surface area contributed by atoms with Gasteiger partial charge in [-0.25, -0.2) is 0 Å². The molecule has 1 heterocycles. The highest BCUT2D eigenvalue weighted by atomic mass is 35.5. The fourth-order valence-corrected chi connectivity index (χ4v) is 3.74. The molecule has 2 aliphatic rings. The van der Waals surface area contributed by atoms with E-state index in [-0.39, 0.29) is 30.7 Å². The smallest absolute Gasteiger partial charge is 0.240 e. The van der Waals surface area contributed by atoms with Gasteiger partial charge in [-0.15, -0.1) is 24.8 Å². The number of carbonyl (C=O) groups excluding carboxylic acids is 1. The minimum Gasteiger partial charge on any atom is -0.355 e. The number of unbranched alkanes of at least 4 members (excludes halogenated alkanes) is 1. The Balaban J connectivity index is 0.00000242. The first kappa shape index (κ1) is 23.0. The van der Waals surface area contributed by atoms with E-state index in [0.29, 0.717) is 0 Å². The minimum atomic E-state index is -0.583. The summed E-state index contributed by atoms with van der Waals surface area (Å²) in [5, 5.41) is 3.06. The highest BCUT2D eigenvalue weighted by Crippen LogP contribution is 2.25. The van der Waals surface area contributed by atoms with Crippen molar-refractivity contribution in [3.8, 4) is 0 Å². The average Bonchev–Trinajstić information content (AvgIpc) is 2.47. The van der Waals surface area contributed by atoms with Crippen LogP contribution in [0, 0.1) is 5.92 Å². The van der Waals surface area contributed by atoms with E-state index in [4.69, 9.17) is 5.73 Å². The second kappa shape index (κ2) is 11.5. The van der Waals surface area contributed by atoms with Crippen LogP contribution in [0.4, 0.5) is 0 Å². The Bertz CT molecular complexity index is 336. The third-order valence-electron chi connectivity index (χ3n) is 5.13. The largest absolute Gasteiger partial charge is 0.355 e. The van der Waals surface area contributed by atoms with Gasteiger partial charge >= 0.3 is 0 Å². The van der Waals surface area contributed by atoms with E-state index < -0.39 is 5.54 Å². The van der Waals surface area contributed by atoms with Crippen molar-refractivity contribution >= 4 is 30.7 Å². The Morgan fingerprint density at radius 1 is 1.17 bits per heavy atom. The van der Waals surface area contributed by atoms with Crippen LogP contribution in [0.3, 0.4) is 0 Å². The molecule has 1 unspecified atom stereocenters. The minimum absolute atomic E-state index is 0. The molecule has 1 saturated heterocycles. The molecule has 1 saturated carbocycles. The number of halogens is 2. The van der Waals surface area contributed by atoms with Gasteiger partial charge < -0.3 is 16.0 Å². The summed E-state index contributed by atoms with van der Waals surface area (Å²) in [6.07, 6.45) is 10.1. The van der Waals surface area contributed by atoms with E-state index >= 15 is 0 Å². The van der Waals surface area contributed by atoms with Crippen molar-refractivity contribution in [2.45, 2.75) is 70.3 Å². The molecule has 0 spiro atoms. The first-order chi connectivity index (χ1) is 10.1. The number of nitrogens with two attached hydrogens (primary N) is 1. The molecule has 2 rings (SSSR count). The monoisotopic (exact) mass is 367 g/mol. The molecule has 1 aliphatic heterocycles. The van der Waals surface area contributed by atoms with Crippen molar-refractivity contribution in [3.63, 3.8) is 0 Å². The molecule has 1 amide bonds. The zero-order valence-electron chi connectivity index (χ0n) is 14.5. The van der Waals surface area contributed by atoms with Crippen molar-refractivity contribution in [1.82, 2.24) is 10.2 Å². The second-order valence-electron chi connectivity index (χ2n) is 7.23. The van der Waals surface area contributed by atoms with Gasteiger partial charge in [0, 0.05) is 13.1 Å². The second-order valence-corrected chi connectivity index (χ2v) is 7.23. The van der Waals surface area contributed by atoms with Crippen LogP contribution in [-0.2, 0) is 4.79 Å². The van der Waals surface area contributed by atoms with E-state index in [2.05, 4.69) is 17.1 Å². The van der Waals surface area contributed by atoms with E-state index in [0.717, 1.165) is 44.6 Å². The summed E-state index contributed by atoms with van der Waals surface area (Å²) in [6, 6.07) is 0. The quantitative estimate of drug-likeness (QED) is 0.709.